The number of benzene rings is 1. The van der Waals surface area contributed by atoms with E-state index in [0.717, 1.165) is 0 Å². The molecule has 0 aliphatic heterocycles. The van der Waals surface area contributed by atoms with Crippen molar-refractivity contribution in [1.29, 1.82) is 0 Å². The summed E-state index contributed by atoms with van der Waals surface area (Å²) in [7, 11) is 0. The van der Waals surface area contributed by atoms with Crippen LogP contribution < -0.4 is 10.5 Å². The summed E-state index contributed by atoms with van der Waals surface area (Å²) in [4.78, 5) is 8.17. The van der Waals surface area contributed by atoms with Crippen LogP contribution in [0.3, 0.4) is 0 Å². The van der Waals surface area contributed by atoms with Crippen molar-refractivity contribution in [2.75, 3.05) is 5.73 Å². The van der Waals surface area contributed by atoms with Crippen LogP contribution in [-0.2, 0) is 0 Å². The maximum atomic E-state index is 13.4. The van der Waals surface area contributed by atoms with Gasteiger partial charge in [0.15, 0.2) is 0 Å². The van der Waals surface area contributed by atoms with Crippen LogP contribution in [0.1, 0.15) is 0 Å². The van der Waals surface area contributed by atoms with Crippen LogP contribution in [0, 0.1) is 5.82 Å². The Hall–Kier alpha value is -2.15. The minimum Gasteiger partial charge on any atom is -0.436 e. The Morgan fingerprint density at radius 2 is 2.21 bits per heavy atom. The highest BCUT2D eigenvalue weighted by molar-refractivity contribution is 9.10. The number of halogens is 2. The molecule has 5 nitrogen and oxygen atoms in total. The van der Waals surface area contributed by atoms with Crippen molar-refractivity contribution in [3.05, 3.63) is 47.1 Å². The second kappa shape index (κ2) is 4.51. The van der Waals surface area contributed by atoms with E-state index in [9.17, 15) is 4.39 Å². The summed E-state index contributed by atoms with van der Waals surface area (Å²) in [6.07, 6.45) is 4.95. The highest BCUT2D eigenvalue weighted by Crippen LogP contribution is 2.27. The molecule has 2 heterocycles. The van der Waals surface area contributed by atoms with Crippen molar-refractivity contribution in [1.82, 2.24) is 14.4 Å². The molecule has 0 fully saturated rings. The Labute approximate surface area is 116 Å². The third-order valence-electron chi connectivity index (χ3n) is 2.47. The molecule has 0 unspecified atom stereocenters. The normalized spacial score (nSPS) is 10.8. The highest BCUT2D eigenvalue weighted by Gasteiger charge is 2.10. The van der Waals surface area contributed by atoms with E-state index in [1.807, 2.05) is 0 Å². The monoisotopic (exact) mass is 322 g/mol. The summed E-state index contributed by atoms with van der Waals surface area (Å²) in [5, 5.41) is 0. The Morgan fingerprint density at radius 3 is 3.00 bits per heavy atom. The van der Waals surface area contributed by atoms with Crippen molar-refractivity contribution in [3.8, 4) is 11.6 Å². The van der Waals surface area contributed by atoms with E-state index >= 15 is 0 Å². The molecule has 1 aromatic carbocycles. The van der Waals surface area contributed by atoms with Gasteiger partial charge < -0.3 is 10.5 Å². The topological polar surface area (TPSA) is 65.4 Å². The van der Waals surface area contributed by atoms with Crippen molar-refractivity contribution in [2.24, 2.45) is 0 Å². The average Bonchev–Trinajstić information content (AvgIpc) is 2.82. The first-order valence-electron chi connectivity index (χ1n) is 5.35. The second-order valence-electron chi connectivity index (χ2n) is 3.81. The zero-order valence-electron chi connectivity index (χ0n) is 9.55. The molecular weight excluding hydrogens is 315 g/mol. The molecule has 0 radical (unpaired) electrons. The minimum atomic E-state index is -0.416. The van der Waals surface area contributed by atoms with Gasteiger partial charge in [-0.2, -0.15) is 4.98 Å². The maximum absolute atomic E-state index is 13.4. The highest BCUT2D eigenvalue weighted by atomic mass is 79.9. The van der Waals surface area contributed by atoms with E-state index < -0.39 is 5.82 Å². The number of fused-ring (bicyclic) bond motifs is 1. The number of nitrogens with zero attached hydrogens (tertiary/aromatic N) is 3. The smallest absolute Gasteiger partial charge is 0.265 e. The molecule has 3 aromatic rings. The molecule has 3 rings (SSSR count). The number of hydrogen-bond donors (Lipinski definition) is 1. The largest absolute Gasteiger partial charge is 0.436 e. The summed E-state index contributed by atoms with van der Waals surface area (Å²) in [5.41, 5.74) is 6.18. The molecule has 19 heavy (non-hydrogen) atoms. The van der Waals surface area contributed by atoms with E-state index in [2.05, 4.69) is 25.9 Å². The number of aromatic nitrogens is 3. The Kier molecular flexibility index (Phi) is 2.83. The molecular formula is C12H8BrFN4O. The van der Waals surface area contributed by atoms with Crippen LogP contribution in [0.25, 0.3) is 5.65 Å². The summed E-state index contributed by atoms with van der Waals surface area (Å²) < 4.78 is 21.0. The lowest BCUT2D eigenvalue weighted by Gasteiger charge is -2.07. The van der Waals surface area contributed by atoms with Gasteiger partial charge >= 0.3 is 0 Å². The molecule has 7 heteroatoms. The molecule has 0 saturated heterocycles. The number of ether oxygens (including phenoxy) is 1. The zero-order chi connectivity index (χ0) is 13.4. The third kappa shape index (κ3) is 2.24. The van der Waals surface area contributed by atoms with Gasteiger partial charge in [0.05, 0.1) is 10.7 Å². The predicted molar refractivity (Wildman–Crippen MR) is 71.6 cm³/mol. The molecule has 0 aliphatic carbocycles. The van der Waals surface area contributed by atoms with Crippen LogP contribution in [0.4, 0.5) is 10.2 Å². The van der Waals surface area contributed by atoms with Crippen LogP contribution in [0.15, 0.2) is 41.3 Å². The first-order chi connectivity index (χ1) is 9.13. The van der Waals surface area contributed by atoms with Gasteiger partial charge in [-0.15, -0.1) is 0 Å². The Balaban J connectivity index is 2.04. The first-order valence-corrected chi connectivity index (χ1v) is 6.15. The lowest BCUT2D eigenvalue weighted by Crippen LogP contribution is -1.99. The van der Waals surface area contributed by atoms with Gasteiger partial charge in [0.25, 0.3) is 5.88 Å². The van der Waals surface area contributed by atoms with Crippen molar-refractivity contribution in [2.45, 2.75) is 0 Å². The van der Waals surface area contributed by atoms with Crippen molar-refractivity contribution >= 4 is 27.4 Å². The molecule has 2 N–H and O–H groups in total. The fraction of sp³-hybridized carbons (Fsp3) is 0. The quantitative estimate of drug-likeness (QED) is 0.787. The standard InChI is InChI=1S/C12H8BrFN4O/c13-8-2-1-7(5-9(8)14)19-12-11-16-3-4-18(11)6-10(15)17-12/h1-6H,15H2. The number of hydrogen-bond acceptors (Lipinski definition) is 4. The third-order valence-corrected chi connectivity index (χ3v) is 3.11. The van der Waals surface area contributed by atoms with Gasteiger partial charge in [-0.05, 0) is 28.1 Å². The first kappa shape index (κ1) is 11.9. The van der Waals surface area contributed by atoms with E-state index in [1.165, 1.54) is 6.07 Å². The number of nitrogens with two attached hydrogens (primary N) is 1. The van der Waals surface area contributed by atoms with Crippen LogP contribution in [0.2, 0.25) is 0 Å². The SMILES string of the molecule is Nc1cn2ccnc2c(Oc2ccc(Br)c(F)c2)n1. The van der Waals surface area contributed by atoms with Gasteiger partial charge in [-0.1, -0.05) is 0 Å². The Morgan fingerprint density at radius 1 is 1.37 bits per heavy atom. The molecule has 0 spiro atoms. The fourth-order valence-corrected chi connectivity index (χ4v) is 1.89. The maximum Gasteiger partial charge on any atom is 0.265 e. The number of anilines is 1. The lowest BCUT2D eigenvalue weighted by molar-refractivity contribution is 0.460. The summed E-state index contributed by atoms with van der Waals surface area (Å²) >= 11 is 3.08. The summed E-state index contributed by atoms with van der Waals surface area (Å²) in [6, 6.07) is 4.44. The van der Waals surface area contributed by atoms with Crippen molar-refractivity contribution < 1.29 is 9.13 Å². The van der Waals surface area contributed by atoms with E-state index in [1.54, 1.807) is 35.1 Å². The van der Waals surface area contributed by atoms with E-state index in [-0.39, 0.29) is 11.7 Å². The van der Waals surface area contributed by atoms with Gasteiger partial charge in [-0.25, -0.2) is 9.37 Å². The van der Waals surface area contributed by atoms with Crippen LogP contribution in [0.5, 0.6) is 11.6 Å². The number of imidazole rings is 1. The molecule has 2 aromatic heterocycles. The lowest BCUT2D eigenvalue weighted by atomic mass is 10.3. The van der Waals surface area contributed by atoms with Gasteiger partial charge in [0, 0.05) is 18.5 Å². The van der Waals surface area contributed by atoms with E-state index in [0.29, 0.717) is 15.9 Å². The number of rotatable bonds is 2. The van der Waals surface area contributed by atoms with Gasteiger partial charge in [-0.3, -0.25) is 4.40 Å². The second-order valence-corrected chi connectivity index (χ2v) is 4.66. The number of nitrogen functional groups attached to an aromatic ring is 1. The van der Waals surface area contributed by atoms with Gasteiger partial charge in [0.2, 0.25) is 5.65 Å². The average molecular weight is 323 g/mol. The predicted octanol–water partition coefficient (Wildman–Crippen LogP) is 3.01. The molecule has 96 valence electrons. The minimum absolute atomic E-state index is 0.228. The Bertz CT molecular complexity index is 759. The molecule has 0 saturated carbocycles. The fourth-order valence-electron chi connectivity index (χ4n) is 1.64. The van der Waals surface area contributed by atoms with Crippen LogP contribution >= 0.6 is 15.9 Å². The zero-order valence-corrected chi connectivity index (χ0v) is 11.1. The molecule has 0 bridgehead atoms. The van der Waals surface area contributed by atoms with Crippen molar-refractivity contribution in [3.63, 3.8) is 0 Å². The molecule has 0 aliphatic rings. The summed E-state index contributed by atoms with van der Waals surface area (Å²) in [5.74, 6) is 0.425. The molecule has 0 atom stereocenters. The summed E-state index contributed by atoms with van der Waals surface area (Å²) in [6.45, 7) is 0. The van der Waals surface area contributed by atoms with Crippen LogP contribution in [-0.4, -0.2) is 14.4 Å². The molecule has 0 amide bonds. The van der Waals surface area contributed by atoms with E-state index in [4.69, 9.17) is 10.5 Å². The van der Waals surface area contributed by atoms with Gasteiger partial charge in [0.1, 0.15) is 17.4 Å².